The molecule has 0 spiro atoms. The largest absolute Gasteiger partial charge is 0.371 e. The number of carbonyl (C=O) groups excluding carboxylic acids is 1. The summed E-state index contributed by atoms with van der Waals surface area (Å²) in [6.07, 6.45) is 2.56. The number of nitrogens with two attached hydrogens (primary N) is 1. The number of halogens is 1. The van der Waals surface area contributed by atoms with E-state index in [-0.39, 0.29) is 17.1 Å². The van der Waals surface area contributed by atoms with Crippen molar-refractivity contribution in [2.24, 2.45) is 11.1 Å². The third-order valence-corrected chi connectivity index (χ3v) is 4.11. The fraction of sp³-hybridized carbons (Fsp3) is 0.500. The van der Waals surface area contributed by atoms with Crippen LogP contribution in [0.1, 0.15) is 33.1 Å². The minimum atomic E-state index is -0.791. The van der Waals surface area contributed by atoms with Crippen molar-refractivity contribution in [2.45, 2.75) is 38.6 Å². The first kappa shape index (κ1) is 12.9. The number of carbonyl (C=O) groups is 1. The van der Waals surface area contributed by atoms with Gasteiger partial charge < -0.3 is 11.1 Å². The Morgan fingerprint density at radius 3 is 2.61 bits per heavy atom. The Hall–Kier alpha value is -1.58. The molecule has 1 aromatic rings. The lowest BCUT2D eigenvalue weighted by molar-refractivity contribution is -0.125. The monoisotopic (exact) mass is 250 g/mol. The number of hydrogen-bond acceptors (Lipinski definition) is 2. The summed E-state index contributed by atoms with van der Waals surface area (Å²) in [6.45, 7) is 4.05. The minimum absolute atomic E-state index is 0.231. The van der Waals surface area contributed by atoms with Gasteiger partial charge in [-0.3, -0.25) is 4.79 Å². The Morgan fingerprint density at radius 2 is 2.11 bits per heavy atom. The number of hydrogen-bond donors (Lipinski definition) is 2. The van der Waals surface area contributed by atoms with E-state index in [9.17, 15) is 9.18 Å². The fourth-order valence-electron chi connectivity index (χ4n) is 2.91. The summed E-state index contributed by atoms with van der Waals surface area (Å²) in [5, 5.41) is 3.17. The highest BCUT2D eigenvalue weighted by Crippen LogP contribution is 2.47. The first-order valence-electron chi connectivity index (χ1n) is 6.21. The summed E-state index contributed by atoms with van der Waals surface area (Å²) in [4.78, 5) is 11.9. The van der Waals surface area contributed by atoms with E-state index in [4.69, 9.17) is 5.73 Å². The first-order chi connectivity index (χ1) is 8.37. The van der Waals surface area contributed by atoms with Crippen molar-refractivity contribution in [3.8, 4) is 0 Å². The number of anilines is 1. The molecule has 1 aliphatic rings. The maximum atomic E-state index is 13.2. The number of nitrogens with one attached hydrogen (secondary N) is 1. The Bertz CT molecular complexity index is 473. The van der Waals surface area contributed by atoms with Gasteiger partial charge in [0.05, 0.1) is 0 Å². The van der Waals surface area contributed by atoms with Gasteiger partial charge in [-0.05, 0) is 42.9 Å². The van der Waals surface area contributed by atoms with Crippen molar-refractivity contribution in [1.82, 2.24) is 0 Å². The molecule has 0 radical (unpaired) electrons. The van der Waals surface area contributed by atoms with Crippen LogP contribution < -0.4 is 11.1 Å². The van der Waals surface area contributed by atoms with E-state index in [0.717, 1.165) is 12.8 Å². The predicted molar refractivity (Wildman–Crippen MR) is 69.6 cm³/mol. The maximum Gasteiger partial charge on any atom is 0.243 e. The van der Waals surface area contributed by atoms with Crippen LogP contribution in [-0.4, -0.2) is 11.4 Å². The van der Waals surface area contributed by atoms with Crippen molar-refractivity contribution in [3.63, 3.8) is 0 Å². The highest BCUT2D eigenvalue weighted by molar-refractivity contribution is 5.89. The van der Waals surface area contributed by atoms with Gasteiger partial charge in [-0.1, -0.05) is 19.9 Å². The maximum absolute atomic E-state index is 13.2. The van der Waals surface area contributed by atoms with Gasteiger partial charge in [-0.15, -0.1) is 0 Å². The number of benzene rings is 1. The molecule has 4 heteroatoms. The van der Waals surface area contributed by atoms with Crippen LogP contribution in [0.3, 0.4) is 0 Å². The molecule has 1 atom stereocenters. The molecule has 0 heterocycles. The molecule has 0 saturated heterocycles. The standard InChI is InChI=1S/C14H19FN2O/c1-13(2)7-4-8-14(13,12(16)18)17-11-6-3-5-10(15)9-11/h3,5-6,9,17H,4,7-8H2,1-2H3,(H2,16,18). The Morgan fingerprint density at radius 1 is 1.39 bits per heavy atom. The lowest BCUT2D eigenvalue weighted by Crippen LogP contribution is -2.57. The average molecular weight is 250 g/mol. The van der Waals surface area contributed by atoms with Gasteiger partial charge in [0.2, 0.25) is 5.91 Å². The van der Waals surface area contributed by atoms with Gasteiger partial charge in [0.1, 0.15) is 11.4 Å². The molecule has 2 rings (SSSR count). The van der Waals surface area contributed by atoms with Crippen molar-refractivity contribution >= 4 is 11.6 Å². The third-order valence-electron chi connectivity index (χ3n) is 4.11. The van der Waals surface area contributed by atoms with Gasteiger partial charge >= 0.3 is 0 Å². The highest BCUT2D eigenvalue weighted by Gasteiger charge is 2.53. The Labute approximate surface area is 107 Å². The smallest absolute Gasteiger partial charge is 0.243 e. The van der Waals surface area contributed by atoms with E-state index < -0.39 is 5.54 Å². The van der Waals surface area contributed by atoms with E-state index in [0.29, 0.717) is 12.1 Å². The van der Waals surface area contributed by atoms with Crippen LogP contribution in [0.4, 0.5) is 10.1 Å². The van der Waals surface area contributed by atoms with Crippen molar-refractivity contribution in [3.05, 3.63) is 30.1 Å². The summed E-state index contributed by atoms with van der Waals surface area (Å²) in [6, 6.07) is 6.14. The van der Waals surface area contributed by atoms with E-state index in [1.165, 1.54) is 12.1 Å². The second-order valence-corrected chi connectivity index (χ2v) is 5.64. The van der Waals surface area contributed by atoms with Crippen LogP contribution in [0.2, 0.25) is 0 Å². The molecule has 1 amide bonds. The predicted octanol–water partition coefficient (Wildman–Crippen LogP) is 2.67. The van der Waals surface area contributed by atoms with Crippen molar-refractivity contribution in [2.75, 3.05) is 5.32 Å². The summed E-state index contributed by atoms with van der Waals surface area (Å²) in [7, 11) is 0. The SMILES string of the molecule is CC1(C)CCCC1(Nc1cccc(F)c1)C(N)=O. The zero-order valence-electron chi connectivity index (χ0n) is 10.8. The molecular formula is C14H19FN2O. The van der Waals surface area contributed by atoms with Crippen LogP contribution in [-0.2, 0) is 4.79 Å². The minimum Gasteiger partial charge on any atom is -0.371 e. The zero-order chi connectivity index (χ0) is 13.4. The van der Waals surface area contributed by atoms with Crippen LogP contribution in [0.15, 0.2) is 24.3 Å². The number of rotatable bonds is 3. The molecule has 1 unspecified atom stereocenters. The fourth-order valence-corrected chi connectivity index (χ4v) is 2.91. The quantitative estimate of drug-likeness (QED) is 0.866. The van der Waals surface area contributed by atoms with Crippen LogP contribution >= 0.6 is 0 Å². The molecule has 0 bridgehead atoms. The Balaban J connectivity index is 2.36. The van der Waals surface area contributed by atoms with Crippen molar-refractivity contribution < 1.29 is 9.18 Å². The van der Waals surface area contributed by atoms with E-state index in [1.807, 2.05) is 13.8 Å². The van der Waals surface area contributed by atoms with E-state index in [1.54, 1.807) is 12.1 Å². The van der Waals surface area contributed by atoms with Gasteiger partial charge in [-0.2, -0.15) is 0 Å². The third kappa shape index (κ3) is 1.96. The zero-order valence-corrected chi connectivity index (χ0v) is 10.8. The second-order valence-electron chi connectivity index (χ2n) is 5.64. The van der Waals surface area contributed by atoms with Gasteiger partial charge in [0, 0.05) is 5.69 Å². The van der Waals surface area contributed by atoms with E-state index in [2.05, 4.69) is 5.32 Å². The molecule has 0 aliphatic heterocycles. The van der Waals surface area contributed by atoms with E-state index >= 15 is 0 Å². The lowest BCUT2D eigenvalue weighted by Gasteiger charge is -2.40. The molecule has 1 aromatic carbocycles. The summed E-state index contributed by atoms with van der Waals surface area (Å²) in [5.41, 5.74) is 5.18. The molecule has 1 fully saturated rings. The van der Waals surface area contributed by atoms with Crippen molar-refractivity contribution in [1.29, 1.82) is 0 Å². The van der Waals surface area contributed by atoms with Crippen LogP contribution in [0.5, 0.6) is 0 Å². The highest BCUT2D eigenvalue weighted by atomic mass is 19.1. The molecule has 1 saturated carbocycles. The molecule has 18 heavy (non-hydrogen) atoms. The normalized spacial score (nSPS) is 25.9. The van der Waals surface area contributed by atoms with Gasteiger partial charge in [-0.25, -0.2) is 4.39 Å². The molecule has 98 valence electrons. The second kappa shape index (κ2) is 4.26. The molecular weight excluding hydrogens is 231 g/mol. The topological polar surface area (TPSA) is 55.1 Å². The van der Waals surface area contributed by atoms with Crippen LogP contribution in [0.25, 0.3) is 0 Å². The summed E-state index contributed by atoms with van der Waals surface area (Å²) < 4.78 is 13.2. The first-order valence-corrected chi connectivity index (χ1v) is 6.21. The average Bonchev–Trinajstić information content (AvgIpc) is 2.55. The molecule has 1 aliphatic carbocycles. The number of amides is 1. The summed E-state index contributed by atoms with van der Waals surface area (Å²) in [5.74, 6) is -0.690. The number of primary amides is 1. The molecule has 0 aromatic heterocycles. The molecule has 3 N–H and O–H groups in total. The van der Waals surface area contributed by atoms with Crippen LogP contribution in [0, 0.1) is 11.2 Å². The van der Waals surface area contributed by atoms with Gasteiger partial charge in [0.15, 0.2) is 0 Å². The lowest BCUT2D eigenvalue weighted by atomic mass is 9.74. The molecule has 3 nitrogen and oxygen atoms in total. The summed E-state index contributed by atoms with van der Waals surface area (Å²) >= 11 is 0. The Kier molecular flexibility index (Phi) is 3.05. The van der Waals surface area contributed by atoms with Gasteiger partial charge in [0.25, 0.3) is 0 Å².